The van der Waals surface area contributed by atoms with Crippen LogP contribution in [0.25, 0.3) is 0 Å². The average Bonchev–Trinajstić information content (AvgIpc) is 3.69. The third-order valence-electron chi connectivity index (χ3n) is 9.23. The van der Waals surface area contributed by atoms with Crippen molar-refractivity contribution in [1.29, 1.82) is 0 Å². The molecule has 4 aliphatic carbocycles. The predicted molar refractivity (Wildman–Crippen MR) is 145 cm³/mol. The van der Waals surface area contributed by atoms with Crippen molar-refractivity contribution in [2.24, 2.45) is 29.6 Å². The Morgan fingerprint density at radius 1 is 0.649 bits per heavy atom. The van der Waals surface area contributed by atoms with Gasteiger partial charge in [0.2, 0.25) is 19.7 Å². The van der Waals surface area contributed by atoms with E-state index in [9.17, 15) is 16.8 Å². The molecule has 3 aromatic carbocycles. The van der Waals surface area contributed by atoms with E-state index in [-0.39, 0.29) is 42.1 Å². The van der Waals surface area contributed by atoms with E-state index < -0.39 is 19.7 Å². The number of benzene rings is 3. The number of allylic oxidation sites excluding steroid dienone is 2. The maximum atomic E-state index is 14.4. The summed E-state index contributed by atoms with van der Waals surface area (Å²) in [5.41, 5.74) is 0. The van der Waals surface area contributed by atoms with Crippen LogP contribution >= 0.6 is 11.8 Å². The molecule has 3 saturated carbocycles. The number of fused-ring (bicyclic) bond motifs is 9. The van der Waals surface area contributed by atoms with Gasteiger partial charge in [0.25, 0.3) is 0 Å². The van der Waals surface area contributed by atoms with E-state index in [1.807, 2.05) is 30.0 Å². The van der Waals surface area contributed by atoms with Gasteiger partial charge >= 0.3 is 0 Å². The molecule has 0 saturated heterocycles. The smallest absolute Gasteiger partial charge is 0.204 e. The first kappa shape index (κ1) is 23.7. The molecule has 0 aromatic heterocycles. The lowest BCUT2D eigenvalue weighted by molar-refractivity contribution is 0.235. The van der Waals surface area contributed by atoms with E-state index in [1.54, 1.807) is 60.7 Å². The second-order valence-electron chi connectivity index (χ2n) is 10.8. The third-order valence-corrected chi connectivity index (χ3v) is 15.1. The molecule has 190 valence electrons. The molecule has 0 N–H and O–H groups in total. The van der Waals surface area contributed by atoms with Crippen molar-refractivity contribution in [2.75, 3.05) is 0 Å². The van der Waals surface area contributed by atoms with Gasteiger partial charge in [0.1, 0.15) is 0 Å². The maximum absolute atomic E-state index is 14.4. The topological polar surface area (TPSA) is 68.3 Å². The number of hydrogen-bond donors (Lipinski definition) is 0. The minimum absolute atomic E-state index is 0.166. The van der Waals surface area contributed by atoms with Crippen molar-refractivity contribution < 1.29 is 16.8 Å². The van der Waals surface area contributed by atoms with Crippen LogP contribution in [0.4, 0.5) is 0 Å². The summed E-state index contributed by atoms with van der Waals surface area (Å²) in [6, 6.07) is 27.0. The summed E-state index contributed by atoms with van der Waals surface area (Å²) in [6.45, 7) is 0. The van der Waals surface area contributed by atoms with E-state index in [2.05, 4.69) is 12.1 Å². The number of thioether (sulfide) groups is 1. The molecule has 4 bridgehead atoms. The van der Waals surface area contributed by atoms with Crippen LogP contribution in [0, 0.1) is 29.6 Å². The number of sulfone groups is 2. The standard InChI is InChI=1S/C30H28O4S3/c31-36(32,23-12-6-2-7-13-23)28-25-19-26(29(28)37(33,34)24-14-8-3-9-15-24)30(35-22-10-4-1-5-11-22)21-17-16-20(18-21)27(25)30/h1-15,20-21,25-27H,16-19H2/t20-,21-,25-,26+,27-,30+/m0/s1. The highest BCUT2D eigenvalue weighted by Gasteiger charge is 2.74. The van der Waals surface area contributed by atoms with E-state index in [4.69, 9.17) is 0 Å². The Morgan fingerprint density at radius 3 is 1.78 bits per heavy atom. The van der Waals surface area contributed by atoms with Crippen LogP contribution in [0.1, 0.15) is 25.7 Å². The first-order valence-corrected chi connectivity index (χ1v) is 16.7. The van der Waals surface area contributed by atoms with Gasteiger partial charge in [-0.15, -0.1) is 11.8 Å². The number of rotatable bonds is 6. The van der Waals surface area contributed by atoms with Gasteiger partial charge in [-0.2, -0.15) is 0 Å². The van der Waals surface area contributed by atoms with Gasteiger partial charge in [0.15, 0.2) is 0 Å². The Labute approximate surface area is 223 Å². The Hall–Kier alpha value is -2.35. The second-order valence-corrected chi connectivity index (χ2v) is 16.0. The zero-order valence-electron chi connectivity index (χ0n) is 20.2. The molecule has 3 fully saturated rings. The summed E-state index contributed by atoms with van der Waals surface area (Å²) < 4.78 is 56.9. The van der Waals surface area contributed by atoms with Crippen molar-refractivity contribution in [2.45, 2.75) is 45.1 Å². The highest BCUT2D eigenvalue weighted by atomic mass is 32.2. The summed E-state index contributed by atoms with van der Waals surface area (Å²) in [5.74, 6) is 0.421. The highest BCUT2D eigenvalue weighted by molar-refractivity contribution is 8.01. The van der Waals surface area contributed by atoms with Crippen molar-refractivity contribution in [1.82, 2.24) is 0 Å². The molecule has 0 amide bonds. The fourth-order valence-corrected chi connectivity index (χ4v) is 14.4. The zero-order chi connectivity index (χ0) is 25.4. The maximum Gasteiger partial charge on any atom is 0.204 e. The van der Waals surface area contributed by atoms with Gasteiger partial charge in [-0.3, -0.25) is 0 Å². The average molecular weight is 549 g/mol. The van der Waals surface area contributed by atoms with Crippen LogP contribution < -0.4 is 0 Å². The molecule has 6 atom stereocenters. The van der Waals surface area contributed by atoms with Crippen molar-refractivity contribution in [3.63, 3.8) is 0 Å². The van der Waals surface area contributed by atoms with Crippen LogP contribution in [0.3, 0.4) is 0 Å². The minimum atomic E-state index is -4.01. The normalized spacial score (nSPS) is 32.2. The van der Waals surface area contributed by atoms with Gasteiger partial charge in [-0.05, 0) is 79.8 Å². The van der Waals surface area contributed by atoms with Crippen LogP contribution in [0.15, 0.2) is 115 Å². The summed E-state index contributed by atoms with van der Waals surface area (Å²) >= 11 is 1.83. The molecule has 37 heavy (non-hydrogen) atoms. The molecule has 0 radical (unpaired) electrons. The van der Waals surface area contributed by atoms with E-state index >= 15 is 0 Å². The van der Waals surface area contributed by atoms with E-state index in [0.29, 0.717) is 18.3 Å². The molecule has 0 heterocycles. The molecule has 4 nitrogen and oxygen atoms in total. The molecule has 7 rings (SSSR count). The first-order valence-electron chi connectivity index (χ1n) is 12.9. The Bertz CT molecular complexity index is 1600. The van der Waals surface area contributed by atoms with Crippen molar-refractivity contribution >= 4 is 31.4 Å². The minimum Gasteiger partial charge on any atom is -0.219 e. The predicted octanol–water partition coefficient (Wildman–Crippen LogP) is 6.37. The molecular weight excluding hydrogens is 521 g/mol. The van der Waals surface area contributed by atoms with E-state index in [0.717, 1.165) is 24.2 Å². The summed E-state index contributed by atoms with van der Waals surface area (Å²) in [4.78, 5) is 1.84. The van der Waals surface area contributed by atoms with Crippen LogP contribution in [0.2, 0.25) is 0 Å². The van der Waals surface area contributed by atoms with Crippen LogP contribution in [-0.4, -0.2) is 21.6 Å². The lowest BCUT2D eigenvalue weighted by Crippen LogP contribution is -2.47. The number of hydrogen-bond acceptors (Lipinski definition) is 5. The molecular formula is C30H28O4S3. The summed E-state index contributed by atoms with van der Waals surface area (Å²) in [6.07, 6.45) is 3.86. The SMILES string of the molecule is O=S(=O)(C1=C(S(=O)(=O)c2ccccc2)[C@H]2C[C@H]1[C@@H]1[C@H]3CC[C@@H](C3)[C@]12Sc1ccccc1)c1ccccc1. The summed E-state index contributed by atoms with van der Waals surface area (Å²) in [7, 11) is -7.98. The summed E-state index contributed by atoms with van der Waals surface area (Å²) in [5, 5.41) is 0. The molecule has 3 aromatic rings. The molecule has 0 aliphatic heterocycles. The zero-order valence-corrected chi connectivity index (χ0v) is 22.7. The van der Waals surface area contributed by atoms with Gasteiger partial charge < -0.3 is 0 Å². The van der Waals surface area contributed by atoms with Gasteiger partial charge in [-0.1, -0.05) is 54.6 Å². The first-order chi connectivity index (χ1) is 17.8. The molecule has 0 spiro atoms. The molecule has 7 heteroatoms. The largest absolute Gasteiger partial charge is 0.219 e. The van der Waals surface area contributed by atoms with Gasteiger partial charge in [-0.25, -0.2) is 16.8 Å². The highest BCUT2D eigenvalue weighted by Crippen LogP contribution is 2.77. The molecule has 0 unspecified atom stereocenters. The molecule has 4 aliphatic rings. The Morgan fingerprint density at radius 2 is 1.19 bits per heavy atom. The van der Waals surface area contributed by atoms with E-state index in [1.165, 1.54) is 0 Å². The second kappa shape index (κ2) is 8.32. The van der Waals surface area contributed by atoms with Crippen molar-refractivity contribution in [3.8, 4) is 0 Å². The third kappa shape index (κ3) is 3.26. The lowest BCUT2D eigenvalue weighted by atomic mass is 9.72. The van der Waals surface area contributed by atoms with Gasteiger partial charge in [0, 0.05) is 21.5 Å². The quantitative estimate of drug-likeness (QED) is 0.335. The monoisotopic (exact) mass is 548 g/mol. The van der Waals surface area contributed by atoms with Crippen molar-refractivity contribution in [3.05, 3.63) is 101 Å². The fourth-order valence-electron chi connectivity index (χ4n) is 8.09. The lowest BCUT2D eigenvalue weighted by Gasteiger charge is -2.47. The Kier molecular flexibility index (Phi) is 5.34. The van der Waals surface area contributed by atoms with Gasteiger partial charge in [0.05, 0.1) is 19.6 Å². The van der Waals surface area contributed by atoms with Crippen LogP contribution in [-0.2, 0) is 19.7 Å². The Balaban J connectivity index is 1.49. The fraction of sp³-hybridized carbons (Fsp3) is 0.333. The van der Waals surface area contributed by atoms with Crippen LogP contribution in [0.5, 0.6) is 0 Å².